The molecule has 1 amide bonds. The fraction of sp³-hybridized carbons (Fsp3) is 0.167. The lowest BCUT2D eigenvalue weighted by molar-refractivity contribution is 0.0994. The van der Waals surface area contributed by atoms with E-state index < -0.39 is 29.7 Å². The Bertz CT molecular complexity index is 889. The van der Waals surface area contributed by atoms with Crippen molar-refractivity contribution in [2.24, 2.45) is 5.73 Å². The molecule has 136 valence electrons. The second-order valence-electron chi connectivity index (χ2n) is 5.78. The highest BCUT2D eigenvalue weighted by Gasteiger charge is 2.23. The molecule has 1 aliphatic carbocycles. The van der Waals surface area contributed by atoms with E-state index in [4.69, 9.17) is 10.5 Å². The number of rotatable bonds is 5. The van der Waals surface area contributed by atoms with Gasteiger partial charge >= 0.3 is 0 Å². The fourth-order valence-corrected chi connectivity index (χ4v) is 3.11. The highest BCUT2D eigenvalue weighted by atomic mass is 127. The third-order valence-electron chi connectivity index (χ3n) is 3.81. The van der Waals surface area contributed by atoms with Crippen molar-refractivity contribution in [3.8, 4) is 5.75 Å². The van der Waals surface area contributed by atoms with Gasteiger partial charge in [-0.05, 0) is 52.9 Å². The molecule has 1 aliphatic rings. The van der Waals surface area contributed by atoms with Crippen LogP contribution in [-0.2, 0) is 0 Å². The predicted octanol–water partition coefficient (Wildman–Crippen LogP) is 3.48. The van der Waals surface area contributed by atoms with E-state index in [1.165, 1.54) is 12.1 Å². The number of halogens is 3. The third-order valence-corrected chi connectivity index (χ3v) is 4.48. The van der Waals surface area contributed by atoms with E-state index in [0.29, 0.717) is 3.57 Å². The summed E-state index contributed by atoms with van der Waals surface area (Å²) in [6.07, 6.45) is 2.26. The van der Waals surface area contributed by atoms with Crippen molar-refractivity contribution >= 4 is 39.9 Å². The van der Waals surface area contributed by atoms with Gasteiger partial charge in [0.2, 0.25) is 0 Å². The SMILES string of the molecule is NC(=O)c1c(Nc2ccc(I)cc2F)cc(F)cc1O[C@H]1C=C[C@@H](O)C1. The molecule has 0 bridgehead atoms. The summed E-state index contributed by atoms with van der Waals surface area (Å²) in [6, 6.07) is 6.52. The van der Waals surface area contributed by atoms with Crippen LogP contribution in [0, 0.1) is 15.2 Å². The van der Waals surface area contributed by atoms with E-state index in [-0.39, 0.29) is 29.1 Å². The molecule has 8 heteroatoms. The average Bonchev–Trinajstić information content (AvgIpc) is 2.94. The minimum atomic E-state index is -0.851. The quantitative estimate of drug-likeness (QED) is 0.460. The van der Waals surface area contributed by atoms with Crippen LogP contribution in [0.15, 0.2) is 42.5 Å². The maximum atomic E-state index is 14.1. The highest BCUT2D eigenvalue weighted by Crippen LogP contribution is 2.33. The number of aliphatic hydroxyl groups is 1. The number of nitrogens with one attached hydrogen (secondary N) is 1. The molecule has 0 aromatic heterocycles. The van der Waals surface area contributed by atoms with Crippen molar-refractivity contribution in [1.82, 2.24) is 0 Å². The van der Waals surface area contributed by atoms with Crippen LogP contribution >= 0.6 is 22.6 Å². The lowest BCUT2D eigenvalue weighted by Crippen LogP contribution is -2.20. The van der Waals surface area contributed by atoms with E-state index in [1.807, 2.05) is 22.6 Å². The van der Waals surface area contributed by atoms with Crippen molar-refractivity contribution in [1.29, 1.82) is 0 Å². The van der Waals surface area contributed by atoms with E-state index in [9.17, 15) is 18.7 Å². The molecule has 5 nitrogen and oxygen atoms in total. The number of hydrogen-bond acceptors (Lipinski definition) is 4. The van der Waals surface area contributed by atoms with Gasteiger partial charge in [-0.2, -0.15) is 0 Å². The Hall–Kier alpha value is -2.20. The van der Waals surface area contributed by atoms with Crippen LogP contribution in [-0.4, -0.2) is 23.2 Å². The first-order valence-corrected chi connectivity index (χ1v) is 8.80. The molecule has 0 saturated heterocycles. The lowest BCUT2D eigenvalue weighted by Gasteiger charge is -2.18. The first-order valence-electron chi connectivity index (χ1n) is 7.72. The molecule has 2 atom stereocenters. The van der Waals surface area contributed by atoms with E-state index in [1.54, 1.807) is 18.2 Å². The minimum absolute atomic E-state index is 0.00451. The molecule has 3 rings (SSSR count). The van der Waals surface area contributed by atoms with Gasteiger partial charge in [-0.3, -0.25) is 4.79 Å². The Kier molecular flexibility index (Phi) is 5.42. The van der Waals surface area contributed by atoms with Gasteiger partial charge in [0.05, 0.1) is 17.5 Å². The van der Waals surface area contributed by atoms with E-state index in [2.05, 4.69) is 5.32 Å². The van der Waals surface area contributed by atoms with Crippen LogP contribution in [0.1, 0.15) is 16.8 Å². The van der Waals surface area contributed by atoms with Crippen molar-refractivity contribution in [3.63, 3.8) is 0 Å². The van der Waals surface area contributed by atoms with Gasteiger partial charge in [0.15, 0.2) is 0 Å². The summed E-state index contributed by atoms with van der Waals surface area (Å²) in [7, 11) is 0. The summed E-state index contributed by atoms with van der Waals surface area (Å²) in [6.45, 7) is 0. The molecule has 2 aromatic rings. The second-order valence-corrected chi connectivity index (χ2v) is 7.03. The number of anilines is 2. The number of carbonyl (C=O) groups excluding carboxylic acids is 1. The van der Waals surface area contributed by atoms with Crippen LogP contribution in [0.2, 0.25) is 0 Å². The summed E-state index contributed by atoms with van der Waals surface area (Å²) < 4.78 is 34.5. The Morgan fingerprint density at radius 1 is 1.23 bits per heavy atom. The van der Waals surface area contributed by atoms with Crippen LogP contribution in [0.5, 0.6) is 5.75 Å². The molecule has 2 aromatic carbocycles. The summed E-state index contributed by atoms with van der Waals surface area (Å²) >= 11 is 1.96. The molecule has 0 spiro atoms. The minimum Gasteiger partial charge on any atom is -0.485 e. The van der Waals surface area contributed by atoms with Crippen LogP contribution in [0.25, 0.3) is 0 Å². The van der Waals surface area contributed by atoms with E-state index >= 15 is 0 Å². The molecule has 0 saturated carbocycles. The molecule has 0 unspecified atom stereocenters. The number of amides is 1. The fourth-order valence-electron chi connectivity index (χ4n) is 2.66. The first-order chi connectivity index (χ1) is 12.3. The van der Waals surface area contributed by atoms with Crippen LogP contribution in [0.4, 0.5) is 20.2 Å². The molecule has 0 radical (unpaired) electrons. The van der Waals surface area contributed by atoms with E-state index in [0.717, 1.165) is 12.1 Å². The number of nitrogens with two attached hydrogens (primary N) is 1. The molecule has 0 fully saturated rings. The average molecular weight is 472 g/mol. The van der Waals surface area contributed by atoms with Crippen molar-refractivity contribution in [3.05, 3.63) is 63.3 Å². The maximum Gasteiger partial charge on any atom is 0.254 e. The van der Waals surface area contributed by atoms with Crippen molar-refractivity contribution in [2.45, 2.75) is 18.6 Å². The zero-order chi connectivity index (χ0) is 18.8. The van der Waals surface area contributed by atoms with Gasteiger partial charge in [-0.1, -0.05) is 6.08 Å². The number of aliphatic hydroxyl groups excluding tert-OH is 1. The lowest BCUT2D eigenvalue weighted by atomic mass is 10.1. The number of benzene rings is 2. The zero-order valence-electron chi connectivity index (χ0n) is 13.4. The van der Waals surface area contributed by atoms with Crippen molar-refractivity contribution in [2.75, 3.05) is 5.32 Å². The number of ether oxygens (including phenoxy) is 1. The number of primary amides is 1. The smallest absolute Gasteiger partial charge is 0.254 e. The summed E-state index contributed by atoms with van der Waals surface area (Å²) in [4.78, 5) is 11.9. The van der Waals surface area contributed by atoms with Gasteiger partial charge in [-0.15, -0.1) is 0 Å². The maximum absolute atomic E-state index is 14.1. The number of hydrogen-bond donors (Lipinski definition) is 3. The first kappa shape index (κ1) is 18.6. The standard InChI is InChI=1S/C18H15F2IN2O3/c19-9-5-15(23-14-4-1-10(21)7-13(14)20)17(18(22)25)16(6-9)26-12-3-2-11(24)8-12/h1-7,11-12,23-24H,8H2,(H2,22,25)/t11-,12+/m1/s1. The monoisotopic (exact) mass is 472 g/mol. The largest absolute Gasteiger partial charge is 0.485 e. The topological polar surface area (TPSA) is 84.6 Å². The molecule has 0 aliphatic heterocycles. The summed E-state index contributed by atoms with van der Waals surface area (Å²) in [5.41, 5.74) is 5.41. The molecular formula is C18H15F2IN2O3. The normalized spacial score (nSPS) is 18.8. The predicted molar refractivity (Wildman–Crippen MR) is 101 cm³/mol. The van der Waals surface area contributed by atoms with Gasteiger partial charge in [0.25, 0.3) is 5.91 Å². The second kappa shape index (κ2) is 7.58. The molecule has 26 heavy (non-hydrogen) atoms. The van der Waals surface area contributed by atoms with Gasteiger partial charge in [0.1, 0.15) is 29.1 Å². The highest BCUT2D eigenvalue weighted by molar-refractivity contribution is 14.1. The zero-order valence-corrected chi connectivity index (χ0v) is 15.5. The Morgan fingerprint density at radius 2 is 2.00 bits per heavy atom. The van der Waals surface area contributed by atoms with Gasteiger partial charge in [0, 0.05) is 16.1 Å². The summed E-state index contributed by atoms with van der Waals surface area (Å²) in [5, 5.41) is 12.2. The van der Waals surface area contributed by atoms with Crippen LogP contribution < -0.4 is 15.8 Å². The number of carbonyl (C=O) groups is 1. The Labute approximate surface area is 162 Å². The molecular weight excluding hydrogens is 457 g/mol. The molecule has 4 N–H and O–H groups in total. The molecule has 0 heterocycles. The Balaban J connectivity index is 1.98. The van der Waals surface area contributed by atoms with Gasteiger partial charge in [-0.25, -0.2) is 8.78 Å². The van der Waals surface area contributed by atoms with Gasteiger partial charge < -0.3 is 20.9 Å². The Morgan fingerprint density at radius 3 is 2.62 bits per heavy atom. The van der Waals surface area contributed by atoms with Crippen LogP contribution in [0.3, 0.4) is 0 Å². The third kappa shape index (κ3) is 4.13. The van der Waals surface area contributed by atoms with Crippen molar-refractivity contribution < 1.29 is 23.4 Å². The summed E-state index contributed by atoms with van der Waals surface area (Å²) in [5.74, 6) is -2.16.